The van der Waals surface area contributed by atoms with Crippen LogP contribution in [0.5, 0.6) is 0 Å². The fourth-order valence-electron chi connectivity index (χ4n) is 0.724. The molecule has 1 saturated heterocycles. The van der Waals surface area contributed by atoms with Gasteiger partial charge in [0.05, 0.1) is 6.10 Å². The van der Waals surface area contributed by atoms with Crippen LogP contribution < -0.4 is 0 Å². The molecule has 1 atom stereocenters. The molecule has 1 fully saturated rings. The van der Waals surface area contributed by atoms with Gasteiger partial charge in [0.1, 0.15) is 0 Å². The Morgan fingerprint density at radius 3 is 2.43 bits per heavy atom. The van der Waals surface area contributed by atoms with Gasteiger partial charge in [0.15, 0.2) is 0 Å². The summed E-state index contributed by atoms with van der Waals surface area (Å²) >= 11 is 0. The molecule has 7 heavy (non-hydrogen) atoms. The van der Waals surface area contributed by atoms with E-state index < -0.39 is 0 Å². The fraction of sp³-hybridized carbons (Fsp3) is 1.00. The molecule has 3 heteroatoms. The second-order valence-corrected chi connectivity index (χ2v) is 1.86. The molecular weight excluding hydrogens is 94.0 g/mol. The van der Waals surface area contributed by atoms with Crippen LogP contribution in [0.25, 0.3) is 0 Å². The predicted molar refractivity (Wildman–Crippen MR) is 24.0 cm³/mol. The topological polar surface area (TPSA) is 43.7 Å². The Kier molecular flexibility index (Phi) is 1.27. The van der Waals surface area contributed by atoms with Gasteiger partial charge in [-0.3, -0.25) is 0 Å². The van der Waals surface area contributed by atoms with Gasteiger partial charge in [-0.2, -0.15) is 5.06 Å². The van der Waals surface area contributed by atoms with E-state index in [1.807, 2.05) is 0 Å². The minimum Gasteiger partial charge on any atom is -0.392 e. The lowest BCUT2D eigenvalue weighted by Crippen LogP contribution is -2.16. The van der Waals surface area contributed by atoms with Crippen molar-refractivity contribution in [3.63, 3.8) is 0 Å². The van der Waals surface area contributed by atoms with Gasteiger partial charge in [0.25, 0.3) is 0 Å². The molecule has 0 aromatic carbocycles. The summed E-state index contributed by atoms with van der Waals surface area (Å²) < 4.78 is 0. The Bertz CT molecular complexity index is 58.7. The van der Waals surface area contributed by atoms with Crippen LogP contribution in [0.4, 0.5) is 0 Å². The summed E-state index contributed by atoms with van der Waals surface area (Å²) in [6, 6.07) is 0. The average Bonchev–Trinajstić information content (AvgIpc) is 1.87. The molecule has 1 aliphatic heterocycles. The van der Waals surface area contributed by atoms with Crippen molar-refractivity contribution in [3.8, 4) is 0 Å². The van der Waals surface area contributed by atoms with Crippen LogP contribution in [0.1, 0.15) is 6.42 Å². The molecular formula is C4H9NO2. The van der Waals surface area contributed by atoms with Crippen molar-refractivity contribution in [2.24, 2.45) is 0 Å². The molecule has 0 radical (unpaired) electrons. The van der Waals surface area contributed by atoms with Crippen molar-refractivity contribution in [2.45, 2.75) is 12.5 Å². The molecule has 0 aromatic rings. The first-order chi connectivity index (χ1) is 3.29. The summed E-state index contributed by atoms with van der Waals surface area (Å²) in [4.78, 5) is 0. The van der Waals surface area contributed by atoms with E-state index in [9.17, 15) is 0 Å². The normalized spacial score (nSPS) is 34.3. The van der Waals surface area contributed by atoms with E-state index >= 15 is 0 Å². The van der Waals surface area contributed by atoms with Gasteiger partial charge in [-0.1, -0.05) is 0 Å². The van der Waals surface area contributed by atoms with Crippen molar-refractivity contribution in [1.82, 2.24) is 5.06 Å². The molecule has 2 N–H and O–H groups in total. The molecule has 1 heterocycles. The van der Waals surface area contributed by atoms with Crippen LogP contribution in [-0.2, 0) is 0 Å². The van der Waals surface area contributed by atoms with Gasteiger partial charge in [0, 0.05) is 13.1 Å². The first kappa shape index (κ1) is 5.03. The summed E-state index contributed by atoms with van der Waals surface area (Å²) in [7, 11) is 0. The first-order valence-electron chi connectivity index (χ1n) is 2.41. The molecule has 0 bridgehead atoms. The smallest absolute Gasteiger partial charge is 0.0703 e. The number of aliphatic hydroxyl groups excluding tert-OH is 1. The fourth-order valence-corrected chi connectivity index (χ4v) is 0.724. The minimum atomic E-state index is -0.301. The van der Waals surface area contributed by atoms with Crippen LogP contribution in [0.2, 0.25) is 0 Å². The van der Waals surface area contributed by atoms with E-state index in [0.29, 0.717) is 19.5 Å². The molecule has 0 unspecified atom stereocenters. The second kappa shape index (κ2) is 1.78. The van der Waals surface area contributed by atoms with E-state index in [4.69, 9.17) is 10.3 Å². The summed E-state index contributed by atoms with van der Waals surface area (Å²) in [6.07, 6.45) is 0.404. The number of nitrogens with zero attached hydrogens (tertiary/aromatic N) is 1. The Hall–Kier alpha value is -0.120. The number of aliphatic hydroxyl groups is 1. The van der Waals surface area contributed by atoms with Gasteiger partial charge in [0.2, 0.25) is 0 Å². The van der Waals surface area contributed by atoms with Crippen LogP contribution >= 0.6 is 0 Å². The lowest BCUT2D eigenvalue weighted by molar-refractivity contribution is -0.0759. The van der Waals surface area contributed by atoms with Crippen molar-refractivity contribution in [3.05, 3.63) is 0 Å². The number of hydrogen-bond donors (Lipinski definition) is 2. The number of rotatable bonds is 0. The van der Waals surface area contributed by atoms with E-state index in [-0.39, 0.29) is 6.10 Å². The van der Waals surface area contributed by atoms with Crippen LogP contribution in [0, 0.1) is 0 Å². The molecule has 42 valence electrons. The van der Waals surface area contributed by atoms with Crippen molar-refractivity contribution < 1.29 is 10.3 Å². The van der Waals surface area contributed by atoms with E-state index in [1.54, 1.807) is 0 Å². The second-order valence-electron chi connectivity index (χ2n) is 1.86. The maximum atomic E-state index is 8.70. The molecule has 0 amide bonds. The Balaban J connectivity index is 2.26. The summed E-state index contributed by atoms with van der Waals surface area (Å²) in [5.41, 5.74) is 0. The van der Waals surface area contributed by atoms with Crippen molar-refractivity contribution in [1.29, 1.82) is 0 Å². The lowest BCUT2D eigenvalue weighted by Gasteiger charge is -2.00. The van der Waals surface area contributed by atoms with E-state index in [0.717, 1.165) is 5.06 Å². The third-order valence-electron chi connectivity index (χ3n) is 1.14. The third kappa shape index (κ3) is 1.12. The van der Waals surface area contributed by atoms with Gasteiger partial charge >= 0.3 is 0 Å². The third-order valence-corrected chi connectivity index (χ3v) is 1.14. The Labute approximate surface area is 42.1 Å². The summed E-state index contributed by atoms with van der Waals surface area (Å²) in [5.74, 6) is 0. The van der Waals surface area contributed by atoms with Crippen LogP contribution in [0.3, 0.4) is 0 Å². The average molecular weight is 103 g/mol. The molecule has 1 aliphatic rings. The van der Waals surface area contributed by atoms with Gasteiger partial charge in [-0.15, -0.1) is 0 Å². The quantitative estimate of drug-likeness (QED) is 0.432. The molecule has 0 saturated carbocycles. The van der Waals surface area contributed by atoms with Gasteiger partial charge in [-0.25, -0.2) is 0 Å². The summed E-state index contributed by atoms with van der Waals surface area (Å²) in [5, 5.41) is 18.4. The lowest BCUT2D eigenvalue weighted by atomic mass is 10.3. The van der Waals surface area contributed by atoms with Gasteiger partial charge < -0.3 is 10.3 Å². The molecule has 0 aromatic heterocycles. The Morgan fingerprint density at radius 1 is 1.57 bits per heavy atom. The molecule has 1 rings (SSSR count). The van der Waals surface area contributed by atoms with E-state index in [2.05, 4.69) is 0 Å². The van der Waals surface area contributed by atoms with Crippen LogP contribution in [0.15, 0.2) is 0 Å². The van der Waals surface area contributed by atoms with Crippen molar-refractivity contribution >= 4 is 0 Å². The standard InChI is InChI=1S/C4H9NO2/c6-4-1-2-5(7)3-4/h4,6-7H,1-3H2/t4-/m1/s1. The molecule has 3 nitrogen and oxygen atoms in total. The van der Waals surface area contributed by atoms with Gasteiger partial charge in [-0.05, 0) is 6.42 Å². The highest BCUT2D eigenvalue weighted by Crippen LogP contribution is 2.03. The number of β-amino-alcohol motifs (C(OH)–C–C–N with tert-alkyl or cyclic N) is 1. The predicted octanol–water partition coefficient (Wildman–Crippen LogP) is -0.558. The highest BCUT2D eigenvalue weighted by atomic mass is 16.5. The zero-order valence-electron chi connectivity index (χ0n) is 4.04. The zero-order valence-corrected chi connectivity index (χ0v) is 4.04. The first-order valence-corrected chi connectivity index (χ1v) is 2.41. The van der Waals surface area contributed by atoms with E-state index in [1.165, 1.54) is 0 Å². The Morgan fingerprint density at radius 2 is 2.29 bits per heavy atom. The van der Waals surface area contributed by atoms with Crippen molar-refractivity contribution in [2.75, 3.05) is 13.1 Å². The number of hydroxylamine groups is 2. The molecule has 0 spiro atoms. The highest BCUT2D eigenvalue weighted by Gasteiger charge is 2.16. The molecule has 0 aliphatic carbocycles. The largest absolute Gasteiger partial charge is 0.392 e. The maximum absolute atomic E-state index is 8.70. The summed E-state index contributed by atoms with van der Waals surface area (Å²) in [6.45, 7) is 1.03. The number of hydrogen-bond acceptors (Lipinski definition) is 3. The monoisotopic (exact) mass is 103 g/mol. The maximum Gasteiger partial charge on any atom is 0.0703 e. The highest BCUT2D eigenvalue weighted by molar-refractivity contribution is 4.66. The zero-order chi connectivity index (χ0) is 5.28. The SMILES string of the molecule is O[C@@H]1CCN(O)C1. The van der Waals surface area contributed by atoms with Crippen LogP contribution in [-0.4, -0.2) is 34.6 Å². The minimum absolute atomic E-state index is 0.301.